The van der Waals surface area contributed by atoms with E-state index in [2.05, 4.69) is 91.5 Å². The van der Waals surface area contributed by atoms with Gasteiger partial charge in [-0.15, -0.1) is 0 Å². The molecule has 0 radical (unpaired) electrons. The van der Waals surface area contributed by atoms with Gasteiger partial charge in [-0.2, -0.15) is 10.2 Å². The Bertz CT molecular complexity index is 1670. The summed E-state index contributed by atoms with van der Waals surface area (Å²) in [5.74, 6) is 2.30. The molecule has 0 fully saturated rings. The molecule has 2 aliphatic heterocycles. The molecular weight excluding hydrogens is 612 g/mol. The number of anilines is 4. The van der Waals surface area contributed by atoms with E-state index in [4.69, 9.17) is 10.2 Å². The van der Waals surface area contributed by atoms with Crippen LogP contribution in [0.2, 0.25) is 0 Å². The molecule has 0 atom stereocenters. The lowest BCUT2D eigenvalue weighted by Gasteiger charge is -2.30. The number of benzene rings is 2. The Hall–Kier alpha value is -3.39. The molecule has 0 unspecified atom stereocenters. The lowest BCUT2D eigenvalue weighted by atomic mass is 9.98. The van der Waals surface area contributed by atoms with Crippen LogP contribution in [0.1, 0.15) is 87.6 Å². The maximum atomic E-state index is 12.5. The highest BCUT2D eigenvalue weighted by Crippen LogP contribution is 2.40. The molecule has 0 saturated carbocycles. The number of carbonyl (C=O) groups is 1. The maximum Gasteiger partial charge on any atom is 0.181 e. The molecule has 8 heteroatoms. The van der Waals surface area contributed by atoms with Crippen molar-refractivity contribution in [2.75, 3.05) is 22.9 Å². The predicted octanol–water partition coefficient (Wildman–Crippen LogP) is 8.60. The summed E-state index contributed by atoms with van der Waals surface area (Å²) in [5, 5.41) is 9.45. The molecule has 0 amide bonds. The monoisotopic (exact) mass is 658 g/mol. The van der Waals surface area contributed by atoms with Gasteiger partial charge in [0, 0.05) is 56.1 Å². The fourth-order valence-corrected chi connectivity index (χ4v) is 7.79. The lowest BCUT2D eigenvalue weighted by molar-refractivity contribution is 0.0971. The molecule has 0 aliphatic carbocycles. The fraction of sp³-hybridized carbons (Fsp3) is 0.472. The van der Waals surface area contributed by atoms with Crippen LogP contribution in [-0.4, -0.2) is 38.4 Å². The first-order valence-corrected chi connectivity index (χ1v) is 16.7. The van der Waals surface area contributed by atoms with E-state index < -0.39 is 0 Å². The Morgan fingerprint density at radius 3 is 1.64 bits per heavy atom. The predicted molar refractivity (Wildman–Crippen MR) is 185 cm³/mol. The van der Waals surface area contributed by atoms with E-state index in [9.17, 15) is 4.79 Å². The summed E-state index contributed by atoms with van der Waals surface area (Å²) in [7, 11) is 3.89. The van der Waals surface area contributed by atoms with Crippen molar-refractivity contribution < 1.29 is 4.79 Å². The third-order valence-corrected chi connectivity index (χ3v) is 9.84. The van der Waals surface area contributed by atoms with Gasteiger partial charge in [0.25, 0.3) is 0 Å². The van der Waals surface area contributed by atoms with Crippen molar-refractivity contribution in [3.05, 3.63) is 79.1 Å². The molecule has 234 valence electrons. The molecule has 44 heavy (non-hydrogen) atoms. The molecule has 2 aliphatic rings. The summed E-state index contributed by atoms with van der Waals surface area (Å²) >= 11 is 3.66. The number of rotatable bonds is 5. The van der Waals surface area contributed by atoms with Crippen molar-refractivity contribution in [1.29, 1.82) is 0 Å². The first kappa shape index (κ1) is 32.0. The van der Waals surface area contributed by atoms with Gasteiger partial charge in [0.05, 0.1) is 0 Å². The summed E-state index contributed by atoms with van der Waals surface area (Å²) in [6, 6.07) is 8.97. The number of hydrogen-bond acceptors (Lipinski definition) is 5. The molecule has 7 nitrogen and oxygen atoms in total. The minimum absolute atomic E-state index is 0.216. The number of aryl methyl sites for hydroxylation is 8. The second-order valence-electron chi connectivity index (χ2n) is 12.7. The summed E-state index contributed by atoms with van der Waals surface area (Å²) < 4.78 is 4.83. The summed E-state index contributed by atoms with van der Waals surface area (Å²) in [6.45, 7) is 17.1. The number of fused-ring (bicyclic) bond motifs is 2. The van der Waals surface area contributed by atoms with Crippen LogP contribution in [0.3, 0.4) is 0 Å². The summed E-state index contributed by atoms with van der Waals surface area (Å²) in [4.78, 5) is 17.2. The SMILES string of the molecule is CCCC(=O)c1c2c(nn1C)N(c1c(C)cc(C)cc1C)CCC2.Cc1cc(C)c(N2CCCc3c2nn(C)c3Br)c(C)c1. The zero-order chi connectivity index (χ0) is 31.9. The highest BCUT2D eigenvalue weighted by Gasteiger charge is 2.30. The second-order valence-corrected chi connectivity index (χ2v) is 13.4. The van der Waals surface area contributed by atoms with Crippen molar-refractivity contribution in [1.82, 2.24) is 19.6 Å². The van der Waals surface area contributed by atoms with Crippen LogP contribution < -0.4 is 9.80 Å². The smallest absolute Gasteiger partial charge is 0.181 e. The van der Waals surface area contributed by atoms with Gasteiger partial charge in [-0.1, -0.05) is 42.3 Å². The van der Waals surface area contributed by atoms with E-state index >= 15 is 0 Å². The van der Waals surface area contributed by atoms with E-state index in [1.54, 1.807) is 4.68 Å². The van der Waals surface area contributed by atoms with Crippen molar-refractivity contribution in [2.24, 2.45) is 14.1 Å². The van der Waals surface area contributed by atoms with Gasteiger partial charge in [0.15, 0.2) is 17.4 Å². The first-order chi connectivity index (χ1) is 20.9. The van der Waals surface area contributed by atoms with Crippen LogP contribution in [0.5, 0.6) is 0 Å². The van der Waals surface area contributed by atoms with Crippen molar-refractivity contribution in [2.45, 2.75) is 87.0 Å². The zero-order valence-corrected chi connectivity index (χ0v) is 29.5. The molecular formula is C36H47BrN6O. The minimum atomic E-state index is 0.216. The molecule has 2 aromatic heterocycles. The fourth-order valence-electron chi connectivity index (χ4n) is 7.33. The van der Waals surface area contributed by atoms with Gasteiger partial charge < -0.3 is 9.80 Å². The molecule has 4 aromatic rings. The van der Waals surface area contributed by atoms with Gasteiger partial charge in [0.1, 0.15) is 10.3 Å². The number of ketones is 1. The van der Waals surface area contributed by atoms with Gasteiger partial charge in [-0.3, -0.25) is 14.2 Å². The molecule has 0 spiro atoms. The zero-order valence-electron chi connectivity index (χ0n) is 27.9. The Labute approximate surface area is 271 Å². The van der Waals surface area contributed by atoms with Gasteiger partial charge in [0.2, 0.25) is 0 Å². The van der Waals surface area contributed by atoms with Crippen LogP contribution in [0, 0.1) is 41.5 Å². The molecule has 4 heterocycles. The molecule has 0 saturated heterocycles. The largest absolute Gasteiger partial charge is 0.324 e. The minimum Gasteiger partial charge on any atom is -0.324 e. The molecule has 0 bridgehead atoms. The lowest BCUT2D eigenvalue weighted by Crippen LogP contribution is -2.26. The molecule has 0 N–H and O–H groups in total. The van der Waals surface area contributed by atoms with Crippen LogP contribution in [-0.2, 0) is 26.9 Å². The van der Waals surface area contributed by atoms with Gasteiger partial charge in [-0.25, -0.2) is 0 Å². The average molecular weight is 660 g/mol. The van der Waals surface area contributed by atoms with Crippen LogP contribution in [0.15, 0.2) is 28.9 Å². The van der Waals surface area contributed by atoms with Crippen LogP contribution >= 0.6 is 15.9 Å². The van der Waals surface area contributed by atoms with Crippen LogP contribution in [0.4, 0.5) is 23.0 Å². The van der Waals surface area contributed by atoms with Crippen molar-refractivity contribution in [3.63, 3.8) is 0 Å². The molecule has 2 aromatic carbocycles. The normalized spacial score (nSPS) is 14.2. The standard InChI is InChI=1S/C20H27N3O.C16H20BrN3/c1-6-8-17(24)19-16-9-7-10-23(20(16)21-22(19)5)18-14(3)11-13(2)12-15(18)4;1-10-8-11(2)14(12(3)9-10)20-7-5-6-13-15(17)19(4)18-16(13)20/h11-12H,6-10H2,1-5H3;8-9H,5-7H2,1-4H3. The van der Waals surface area contributed by atoms with Crippen LogP contribution in [0.25, 0.3) is 0 Å². The van der Waals surface area contributed by atoms with Crippen molar-refractivity contribution in [3.8, 4) is 0 Å². The number of carbonyl (C=O) groups excluding carboxylic acids is 1. The Balaban J connectivity index is 0.000000177. The van der Waals surface area contributed by atoms with E-state index in [0.717, 1.165) is 66.3 Å². The van der Waals surface area contributed by atoms with E-state index in [-0.39, 0.29) is 5.78 Å². The third-order valence-electron chi connectivity index (χ3n) is 8.85. The number of Topliss-reactive ketones (excluding diaryl/α,β-unsaturated/α-hetero) is 1. The highest BCUT2D eigenvalue weighted by molar-refractivity contribution is 9.10. The Morgan fingerprint density at radius 2 is 1.16 bits per heavy atom. The van der Waals surface area contributed by atoms with Gasteiger partial charge >= 0.3 is 0 Å². The maximum absolute atomic E-state index is 12.5. The summed E-state index contributed by atoms with van der Waals surface area (Å²) in [5.41, 5.74) is 13.6. The number of nitrogens with zero attached hydrogens (tertiary/aromatic N) is 6. The number of hydrogen-bond donors (Lipinski definition) is 0. The Kier molecular flexibility index (Phi) is 9.40. The quantitative estimate of drug-likeness (QED) is 0.201. The number of aromatic nitrogens is 4. The summed E-state index contributed by atoms with van der Waals surface area (Å²) in [6.07, 6.45) is 5.73. The van der Waals surface area contributed by atoms with Gasteiger partial charge in [-0.05, 0) is 112 Å². The Morgan fingerprint density at radius 1 is 0.727 bits per heavy atom. The average Bonchev–Trinajstić information content (AvgIpc) is 3.44. The second kappa shape index (κ2) is 12.9. The van der Waals surface area contributed by atoms with E-state index in [1.165, 1.54) is 56.7 Å². The first-order valence-electron chi connectivity index (χ1n) is 15.9. The highest BCUT2D eigenvalue weighted by atomic mass is 79.9. The molecule has 6 rings (SSSR count). The van der Waals surface area contributed by atoms with E-state index in [0.29, 0.717) is 6.42 Å². The van der Waals surface area contributed by atoms with E-state index in [1.807, 2.05) is 25.7 Å². The third kappa shape index (κ3) is 5.97. The topological polar surface area (TPSA) is 59.2 Å². The number of halogens is 1. The van der Waals surface area contributed by atoms with Crippen molar-refractivity contribution >= 4 is 44.7 Å².